The van der Waals surface area contributed by atoms with Crippen LogP contribution >= 0.6 is 15.9 Å². The van der Waals surface area contributed by atoms with Gasteiger partial charge in [0.25, 0.3) is 0 Å². The fourth-order valence-electron chi connectivity index (χ4n) is 1.45. The molecule has 1 saturated carbocycles. The van der Waals surface area contributed by atoms with E-state index < -0.39 is 5.97 Å². The third-order valence-electron chi connectivity index (χ3n) is 2.35. The lowest BCUT2D eigenvalue weighted by molar-refractivity contribution is 0.0686. The minimum absolute atomic E-state index is 0.0197. The van der Waals surface area contributed by atoms with Crippen LogP contribution < -0.4 is 4.74 Å². The van der Waals surface area contributed by atoms with Gasteiger partial charge >= 0.3 is 5.97 Å². The Hall–Kier alpha value is -1.10. The van der Waals surface area contributed by atoms with Crippen LogP contribution in [0.25, 0.3) is 0 Å². The normalized spacial score (nSPS) is 15.1. The molecule has 1 fully saturated rings. The van der Waals surface area contributed by atoms with Gasteiger partial charge in [-0.2, -0.15) is 0 Å². The van der Waals surface area contributed by atoms with E-state index in [-0.39, 0.29) is 11.4 Å². The highest BCUT2D eigenvalue weighted by Gasteiger charge is 2.28. The number of halogens is 1. The largest absolute Gasteiger partial charge is 0.493 e. The number of hydrogen-bond donors (Lipinski definition) is 1. The Labute approximate surface area is 95.4 Å². The topological polar surface area (TPSA) is 59.4 Å². The molecule has 0 bridgehead atoms. The van der Waals surface area contributed by atoms with E-state index in [9.17, 15) is 4.79 Å². The first-order chi connectivity index (χ1) is 7.13. The molecule has 15 heavy (non-hydrogen) atoms. The standard InChI is InChI=1S/C10H10BrNO3/c1-15-9-6(11)4-7(5-2-3-5)12-8(9)10(13)14/h4-5H,2-3H2,1H3,(H,13,14). The quantitative estimate of drug-likeness (QED) is 0.918. The van der Waals surface area contributed by atoms with Gasteiger partial charge < -0.3 is 9.84 Å². The number of carbonyl (C=O) groups is 1. The molecule has 0 aliphatic heterocycles. The molecular formula is C10H10BrNO3. The van der Waals surface area contributed by atoms with Crippen molar-refractivity contribution < 1.29 is 14.6 Å². The van der Waals surface area contributed by atoms with E-state index in [1.807, 2.05) is 6.07 Å². The number of nitrogens with zero attached hydrogens (tertiary/aromatic N) is 1. The average Bonchev–Trinajstić information content (AvgIpc) is 2.99. The summed E-state index contributed by atoms with van der Waals surface area (Å²) in [6, 6.07) is 1.84. The molecule has 0 aromatic carbocycles. The van der Waals surface area contributed by atoms with Gasteiger partial charge in [0.2, 0.25) is 0 Å². The van der Waals surface area contributed by atoms with Gasteiger partial charge in [0.1, 0.15) is 0 Å². The van der Waals surface area contributed by atoms with Crippen LogP contribution in [-0.2, 0) is 0 Å². The number of rotatable bonds is 3. The molecule has 2 rings (SSSR count). The lowest BCUT2D eigenvalue weighted by Gasteiger charge is -2.08. The van der Waals surface area contributed by atoms with Crippen molar-refractivity contribution in [2.24, 2.45) is 0 Å². The lowest BCUT2D eigenvalue weighted by Crippen LogP contribution is -2.06. The van der Waals surface area contributed by atoms with E-state index >= 15 is 0 Å². The monoisotopic (exact) mass is 271 g/mol. The molecule has 0 atom stereocenters. The maximum absolute atomic E-state index is 11.0. The Bertz CT molecular complexity index is 415. The molecule has 0 spiro atoms. The van der Waals surface area contributed by atoms with Gasteiger partial charge in [-0.05, 0) is 34.8 Å². The summed E-state index contributed by atoms with van der Waals surface area (Å²) in [7, 11) is 1.44. The van der Waals surface area contributed by atoms with E-state index in [0.29, 0.717) is 10.4 Å². The second kappa shape index (κ2) is 3.81. The molecular weight excluding hydrogens is 262 g/mol. The number of carboxylic acids is 1. The van der Waals surface area contributed by atoms with Crippen molar-refractivity contribution in [3.05, 3.63) is 21.9 Å². The third-order valence-corrected chi connectivity index (χ3v) is 2.94. The highest BCUT2D eigenvalue weighted by molar-refractivity contribution is 9.10. The van der Waals surface area contributed by atoms with Crippen LogP contribution in [0.2, 0.25) is 0 Å². The van der Waals surface area contributed by atoms with Crippen molar-refractivity contribution in [1.29, 1.82) is 0 Å². The Morgan fingerprint density at radius 2 is 2.33 bits per heavy atom. The summed E-state index contributed by atoms with van der Waals surface area (Å²) >= 11 is 3.29. The van der Waals surface area contributed by atoms with Crippen LogP contribution in [0.1, 0.15) is 34.9 Å². The molecule has 0 saturated heterocycles. The number of aromatic carboxylic acids is 1. The molecule has 0 radical (unpaired) electrons. The molecule has 1 aliphatic carbocycles. The van der Waals surface area contributed by atoms with Crippen LogP contribution in [0.4, 0.5) is 0 Å². The molecule has 0 unspecified atom stereocenters. The molecule has 1 aliphatic rings. The van der Waals surface area contributed by atoms with Crippen molar-refractivity contribution in [2.45, 2.75) is 18.8 Å². The van der Waals surface area contributed by atoms with Crippen molar-refractivity contribution in [1.82, 2.24) is 4.98 Å². The predicted octanol–water partition coefficient (Wildman–Crippen LogP) is 2.43. The van der Waals surface area contributed by atoms with Gasteiger partial charge in [0.15, 0.2) is 11.4 Å². The van der Waals surface area contributed by atoms with E-state index in [4.69, 9.17) is 9.84 Å². The summed E-state index contributed by atoms with van der Waals surface area (Å²) in [6.45, 7) is 0. The second-order valence-corrected chi connectivity index (χ2v) is 4.34. The van der Waals surface area contributed by atoms with E-state index in [0.717, 1.165) is 18.5 Å². The fourth-order valence-corrected chi connectivity index (χ4v) is 2.03. The zero-order valence-corrected chi connectivity index (χ0v) is 9.74. The lowest BCUT2D eigenvalue weighted by atomic mass is 10.2. The minimum Gasteiger partial charge on any atom is -0.493 e. The second-order valence-electron chi connectivity index (χ2n) is 3.49. The summed E-state index contributed by atoms with van der Waals surface area (Å²) in [5, 5.41) is 8.98. The summed E-state index contributed by atoms with van der Waals surface area (Å²) in [5.74, 6) is -0.354. The third kappa shape index (κ3) is 1.97. The van der Waals surface area contributed by atoms with Gasteiger partial charge in [0.05, 0.1) is 11.6 Å². The summed E-state index contributed by atoms with van der Waals surface area (Å²) in [6.07, 6.45) is 2.18. The van der Waals surface area contributed by atoms with Crippen LogP contribution in [0, 0.1) is 0 Å². The Morgan fingerprint density at radius 1 is 1.67 bits per heavy atom. The zero-order valence-electron chi connectivity index (χ0n) is 8.16. The molecule has 1 heterocycles. The molecule has 5 heteroatoms. The van der Waals surface area contributed by atoms with Crippen molar-refractivity contribution in [3.8, 4) is 5.75 Å². The number of carboxylic acid groups (broad SMARTS) is 1. The maximum atomic E-state index is 11.0. The molecule has 1 N–H and O–H groups in total. The van der Waals surface area contributed by atoms with Crippen LogP contribution in [0.3, 0.4) is 0 Å². The Morgan fingerprint density at radius 3 is 2.80 bits per heavy atom. The average molecular weight is 272 g/mol. The van der Waals surface area contributed by atoms with Gasteiger partial charge in [0, 0.05) is 11.6 Å². The molecule has 0 amide bonds. The number of aromatic nitrogens is 1. The van der Waals surface area contributed by atoms with Gasteiger partial charge in [-0.25, -0.2) is 9.78 Å². The van der Waals surface area contributed by atoms with Gasteiger partial charge in [-0.15, -0.1) is 0 Å². The Kier molecular flexibility index (Phi) is 2.65. The highest BCUT2D eigenvalue weighted by atomic mass is 79.9. The minimum atomic E-state index is -1.06. The Balaban J connectivity index is 2.52. The van der Waals surface area contributed by atoms with E-state index in [1.54, 1.807) is 0 Å². The van der Waals surface area contributed by atoms with E-state index in [1.165, 1.54) is 7.11 Å². The van der Waals surface area contributed by atoms with Gasteiger partial charge in [-0.3, -0.25) is 0 Å². The maximum Gasteiger partial charge on any atom is 0.358 e. The van der Waals surface area contributed by atoms with Crippen molar-refractivity contribution >= 4 is 21.9 Å². The highest BCUT2D eigenvalue weighted by Crippen LogP contribution is 2.41. The van der Waals surface area contributed by atoms with E-state index in [2.05, 4.69) is 20.9 Å². The number of hydrogen-bond acceptors (Lipinski definition) is 3. The van der Waals surface area contributed by atoms with Crippen LogP contribution in [0.15, 0.2) is 10.5 Å². The zero-order chi connectivity index (χ0) is 11.0. The molecule has 4 nitrogen and oxygen atoms in total. The number of methoxy groups -OCH3 is 1. The number of ether oxygens (including phenoxy) is 1. The molecule has 1 aromatic rings. The summed E-state index contributed by atoms with van der Waals surface area (Å²) in [4.78, 5) is 15.1. The smallest absolute Gasteiger partial charge is 0.358 e. The van der Waals surface area contributed by atoms with Crippen molar-refractivity contribution in [2.75, 3.05) is 7.11 Å². The first-order valence-corrected chi connectivity index (χ1v) is 5.40. The van der Waals surface area contributed by atoms with Gasteiger partial charge in [-0.1, -0.05) is 0 Å². The fraction of sp³-hybridized carbons (Fsp3) is 0.400. The SMILES string of the molecule is COc1c(Br)cc(C2CC2)nc1C(=O)O. The van der Waals surface area contributed by atoms with Crippen molar-refractivity contribution in [3.63, 3.8) is 0 Å². The van der Waals surface area contributed by atoms with Crippen LogP contribution in [0.5, 0.6) is 5.75 Å². The summed E-state index contributed by atoms with van der Waals surface area (Å²) in [5.41, 5.74) is 0.814. The first-order valence-electron chi connectivity index (χ1n) is 4.61. The van der Waals surface area contributed by atoms with Crippen LogP contribution in [-0.4, -0.2) is 23.2 Å². The molecule has 80 valence electrons. The number of pyridine rings is 1. The summed E-state index contributed by atoms with van der Waals surface area (Å²) < 4.78 is 5.65. The predicted molar refractivity (Wildman–Crippen MR) is 57.4 cm³/mol. The first kappa shape index (κ1) is 10.4. The molecule has 1 aromatic heterocycles.